The standard InChI is InChI=1S/C9H9N/c1-2-4-9-7-10-6-5-8(9)3-1/h1-6,10H,7H2/i1D. The van der Waals surface area contributed by atoms with Crippen LogP contribution in [-0.2, 0) is 6.54 Å². The second kappa shape index (κ2) is 2.18. The summed E-state index contributed by atoms with van der Waals surface area (Å²) in [4.78, 5) is 0. The van der Waals surface area contributed by atoms with Crippen LogP contribution in [0.25, 0.3) is 6.08 Å². The van der Waals surface area contributed by atoms with Gasteiger partial charge in [0.1, 0.15) is 0 Å². The van der Waals surface area contributed by atoms with E-state index in [-0.39, 0.29) is 0 Å². The molecule has 0 saturated heterocycles. The number of rotatable bonds is 0. The van der Waals surface area contributed by atoms with Crippen LogP contribution in [0.15, 0.2) is 30.4 Å². The first-order valence-electron chi connectivity index (χ1n) is 3.86. The molecule has 0 saturated carbocycles. The highest BCUT2D eigenvalue weighted by molar-refractivity contribution is 5.55. The third-order valence-corrected chi connectivity index (χ3v) is 1.66. The van der Waals surface area contributed by atoms with Gasteiger partial charge in [-0.3, -0.25) is 0 Å². The van der Waals surface area contributed by atoms with E-state index in [1.807, 2.05) is 30.5 Å². The van der Waals surface area contributed by atoms with Gasteiger partial charge in [-0.25, -0.2) is 0 Å². The lowest BCUT2D eigenvalue weighted by atomic mass is 10.1. The van der Waals surface area contributed by atoms with Crippen LogP contribution in [0.4, 0.5) is 0 Å². The fourth-order valence-corrected chi connectivity index (χ4v) is 1.11. The predicted octanol–water partition coefficient (Wildman–Crippen LogP) is 1.76. The summed E-state index contributed by atoms with van der Waals surface area (Å²) < 4.78 is 7.38. The molecule has 10 heavy (non-hydrogen) atoms. The Labute approximate surface area is 61.8 Å². The van der Waals surface area contributed by atoms with Gasteiger partial charge in [0.25, 0.3) is 0 Å². The van der Waals surface area contributed by atoms with Crippen LogP contribution >= 0.6 is 0 Å². The van der Waals surface area contributed by atoms with Crippen molar-refractivity contribution >= 4 is 6.08 Å². The number of benzene rings is 1. The molecule has 1 heteroatoms. The lowest BCUT2D eigenvalue weighted by Gasteiger charge is -2.10. The van der Waals surface area contributed by atoms with E-state index in [0.717, 1.165) is 12.1 Å². The molecule has 0 aliphatic carbocycles. The molecule has 0 fully saturated rings. The second-order valence-electron chi connectivity index (χ2n) is 2.34. The third kappa shape index (κ3) is 0.798. The maximum atomic E-state index is 7.38. The average Bonchev–Trinajstić information content (AvgIpc) is 2.04. The monoisotopic (exact) mass is 132 g/mol. The van der Waals surface area contributed by atoms with Crippen molar-refractivity contribution in [2.75, 3.05) is 0 Å². The highest BCUT2D eigenvalue weighted by atomic mass is 14.8. The van der Waals surface area contributed by atoms with Gasteiger partial charge in [0.15, 0.2) is 0 Å². The van der Waals surface area contributed by atoms with Crippen molar-refractivity contribution in [1.82, 2.24) is 5.32 Å². The summed E-state index contributed by atoms with van der Waals surface area (Å²) in [5, 5.41) is 3.12. The van der Waals surface area contributed by atoms with E-state index in [2.05, 4.69) is 5.32 Å². The lowest BCUT2D eigenvalue weighted by molar-refractivity contribution is 0.859. The van der Waals surface area contributed by atoms with E-state index in [4.69, 9.17) is 1.37 Å². The molecule has 1 heterocycles. The predicted molar refractivity (Wildman–Crippen MR) is 42.3 cm³/mol. The molecule has 0 unspecified atom stereocenters. The number of hydrogen-bond donors (Lipinski definition) is 1. The van der Waals surface area contributed by atoms with Crippen molar-refractivity contribution in [3.63, 3.8) is 0 Å². The Balaban J connectivity index is 2.54. The smallest absolute Gasteiger partial charge is 0.0623 e. The number of hydrogen-bond acceptors (Lipinski definition) is 1. The van der Waals surface area contributed by atoms with Crippen LogP contribution < -0.4 is 5.32 Å². The summed E-state index contributed by atoms with van der Waals surface area (Å²) in [6.45, 7) is 0.881. The van der Waals surface area contributed by atoms with Crippen LogP contribution in [0.2, 0.25) is 0 Å². The van der Waals surface area contributed by atoms with Crippen molar-refractivity contribution < 1.29 is 1.37 Å². The Hall–Kier alpha value is -1.24. The van der Waals surface area contributed by atoms with Gasteiger partial charge in [-0.1, -0.05) is 24.2 Å². The molecule has 0 aromatic heterocycles. The first-order valence-corrected chi connectivity index (χ1v) is 3.36. The molecule has 0 radical (unpaired) electrons. The van der Waals surface area contributed by atoms with Crippen LogP contribution in [0.3, 0.4) is 0 Å². The maximum Gasteiger partial charge on any atom is 0.0623 e. The maximum absolute atomic E-state index is 7.38. The zero-order valence-corrected chi connectivity index (χ0v) is 5.59. The molecular weight excluding hydrogens is 122 g/mol. The van der Waals surface area contributed by atoms with Crippen molar-refractivity contribution in [3.05, 3.63) is 41.6 Å². The second-order valence-corrected chi connectivity index (χ2v) is 2.34. The largest absolute Gasteiger partial charge is 0.387 e. The van der Waals surface area contributed by atoms with Gasteiger partial charge in [0, 0.05) is 6.54 Å². The average molecular weight is 132 g/mol. The first-order chi connectivity index (χ1) is 5.36. The molecule has 0 spiro atoms. The minimum atomic E-state index is 0.579. The molecule has 1 aliphatic heterocycles. The summed E-state index contributed by atoms with van der Waals surface area (Å²) in [6.07, 6.45) is 3.92. The Morgan fingerprint density at radius 1 is 1.50 bits per heavy atom. The van der Waals surface area contributed by atoms with Crippen molar-refractivity contribution in [1.29, 1.82) is 0 Å². The fourth-order valence-electron chi connectivity index (χ4n) is 1.11. The fraction of sp³-hybridized carbons (Fsp3) is 0.111. The van der Waals surface area contributed by atoms with Crippen LogP contribution in [0.1, 0.15) is 12.5 Å². The first kappa shape index (κ1) is 4.56. The molecule has 1 aliphatic rings. The van der Waals surface area contributed by atoms with Crippen LogP contribution in [-0.4, -0.2) is 0 Å². The van der Waals surface area contributed by atoms with Gasteiger partial charge in [-0.15, -0.1) is 0 Å². The van der Waals surface area contributed by atoms with Crippen LogP contribution in [0, 0.1) is 0 Å². The van der Waals surface area contributed by atoms with Gasteiger partial charge in [-0.05, 0) is 23.4 Å². The van der Waals surface area contributed by atoms with Gasteiger partial charge >= 0.3 is 0 Å². The molecule has 1 aromatic rings. The summed E-state index contributed by atoms with van der Waals surface area (Å²) >= 11 is 0. The van der Waals surface area contributed by atoms with E-state index in [1.54, 1.807) is 0 Å². The zero-order valence-electron chi connectivity index (χ0n) is 6.59. The highest BCUT2D eigenvalue weighted by Crippen LogP contribution is 2.12. The Morgan fingerprint density at radius 3 is 3.50 bits per heavy atom. The molecule has 1 aromatic carbocycles. The molecule has 0 bridgehead atoms. The lowest BCUT2D eigenvalue weighted by Crippen LogP contribution is -2.09. The Bertz CT molecular complexity index is 304. The van der Waals surface area contributed by atoms with E-state index >= 15 is 0 Å². The summed E-state index contributed by atoms with van der Waals surface area (Å²) in [5.41, 5.74) is 2.43. The quantitative estimate of drug-likeness (QED) is 0.567. The topological polar surface area (TPSA) is 12.0 Å². The van der Waals surface area contributed by atoms with E-state index in [1.165, 1.54) is 5.56 Å². The molecule has 0 amide bonds. The Kier molecular flexibility index (Phi) is 0.992. The third-order valence-electron chi connectivity index (χ3n) is 1.66. The summed E-state index contributed by atoms with van der Waals surface area (Å²) in [5.74, 6) is 0. The van der Waals surface area contributed by atoms with Crippen molar-refractivity contribution in [2.24, 2.45) is 0 Å². The Morgan fingerprint density at radius 2 is 2.50 bits per heavy atom. The molecule has 50 valence electrons. The van der Waals surface area contributed by atoms with E-state index < -0.39 is 0 Å². The van der Waals surface area contributed by atoms with Crippen molar-refractivity contribution in [2.45, 2.75) is 6.54 Å². The van der Waals surface area contributed by atoms with Gasteiger partial charge in [0.05, 0.1) is 1.37 Å². The zero-order chi connectivity index (χ0) is 7.68. The molecule has 2 rings (SSSR count). The minimum absolute atomic E-state index is 0.579. The van der Waals surface area contributed by atoms with Crippen LogP contribution in [0.5, 0.6) is 0 Å². The number of nitrogens with one attached hydrogen (secondary N) is 1. The summed E-state index contributed by atoms with van der Waals surface area (Å²) in [6, 6.07) is 6.27. The molecule has 1 nitrogen and oxygen atoms in total. The van der Waals surface area contributed by atoms with Crippen molar-refractivity contribution in [3.8, 4) is 0 Å². The van der Waals surface area contributed by atoms with Gasteiger partial charge < -0.3 is 5.32 Å². The van der Waals surface area contributed by atoms with Gasteiger partial charge in [-0.2, -0.15) is 0 Å². The summed E-state index contributed by atoms with van der Waals surface area (Å²) in [7, 11) is 0. The molecular formula is C9H9N. The van der Waals surface area contributed by atoms with E-state index in [9.17, 15) is 0 Å². The molecule has 1 N–H and O–H groups in total. The number of fused-ring (bicyclic) bond motifs is 1. The SMILES string of the molecule is [2H]c1ccc2c(c1)C=CNC2. The van der Waals surface area contributed by atoms with E-state index in [0.29, 0.717) is 6.04 Å². The van der Waals surface area contributed by atoms with Gasteiger partial charge in [0.2, 0.25) is 0 Å². The highest BCUT2D eigenvalue weighted by Gasteiger charge is 1.99. The molecule has 0 atom stereocenters. The minimum Gasteiger partial charge on any atom is -0.387 e. The normalized spacial score (nSPS) is 15.4.